The number of piperidine rings is 1. The molecule has 3 amide bonds. The van der Waals surface area contributed by atoms with Crippen molar-refractivity contribution in [3.8, 4) is 0 Å². The summed E-state index contributed by atoms with van der Waals surface area (Å²) >= 11 is 0. The van der Waals surface area contributed by atoms with Crippen LogP contribution in [0.3, 0.4) is 0 Å². The van der Waals surface area contributed by atoms with Crippen molar-refractivity contribution in [1.82, 2.24) is 20.0 Å². The lowest BCUT2D eigenvalue weighted by Gasteiger charge is -2.29. The number of hydrogen-bond acceptors (Lipinski definition) is 4. The Morgan fingerprint density at radius 3 is 2.52 bits per heavy atom. The number of nitrogens with one attached hydrogen (secondary N) is 2. The van der Waals surface area contributed by atoms with E-state index in [9.17, 15) is 18.8 Å². The van der Waals surface area contributed by atoms with Crippen molar-refractivity contribution in [2.75, 3.05) is 18.4 Å². The molecular weight excluding hydrogens is 377 g/mol. The quantitative estimate of drug-likeness (QED) is 0.771. The molecule has 0 aliphatic carbocycles. The van der Waals surface area contributed by atoms with Crippen LogP contribution in [0, 0.1) is 5.82 Å². The number of carbonyl (C=O) groups excluding carboxylic acids is 3. The summed E-state index contributed by atoms with van der Waals surface area (Å²) in [7, 11) is 0. The van der Waals surface area contributed by atoms with Crippen LogP contribution in [0.15, 0.2) is 36.7 Å². The van der Waals surface area contributed by atoms with Crippen molar-refractivity contribution in [2.45, 2.75) is 38.8 Å². The van der Waals surface area contributed by atoms with Gasteiger partial charge in [-0.25, -0.2) is 4.39 Å². The molecule has 1 aliphatic heterocycles. The normalized spacial score (nSPS) is 14.9. The van der Waals surface area contributed by atoms with E-state index in [-0.39, 0.29) is 18.4 Å². The minimum absolute atomic E-state index is 0.0780. The molecule has 29 heavy (non-hydrogen) atoms. The predicted octanol–water partition coefficient (Wildman–Crippen LogP) is 1.79. The van der Waals surface area contributed by atoms with Gasteiger partial charge < -0.3 is 15.5 Å². The SMILES string of the molecule is C[C@H](NC(=O)Cn1cc(NC(=O)c2ccc(F)cc2)cn1)C(=O)N1CCCCC1. The van der Waals surface area contributed by atoms with Crippen LogP contribution < -0.4 is 10.6 Å². The van der Waals surface area contributed by atoms with Crippen LogP contribution in [0.4, 0.5) is 10.1 Å². The zero-order valence-corrected chi connectivity index (χ0v) is 16.2. The van der Waals surface area contributed by atoms with E-state index in [4.69, 9.17) is 0 Å². The van der Waals surface area contributed by atoms with Gasteiger partial charge in [0, 0.05) is 24.8 Å². The van der Waals surface area contributed by atoms with Gasteiger partial charge in [-0.1, -0.05) is 0 Å². The molecule has 8 nitrogen and oxygen atoms in total. The number of amides is 3. The monoisotopic (exact) mass is 401 g/mol. The topological polar surface area (TPSA) is 96.3 Å². The lowest BCUT2D eigenvalue weighted by atomic mass is 10.1. The fraction of sp³-hybridized carbons (Fsp3) is 0.400. The van der Waals surface area contributed by atoms with Crippen molar-refractivity contribution in [2.24, 2.45) is 0 Å². The summed E-state index contributed by atoms with van der Waals surface area (Å²) < 4.78 is 14.3. The van der Waals surface area contributed by atoms with Crippen LogP contribution in [-0.4, -0.2) is 51.5 Å². The zero-order valence-electron chi connectivity index (χ0n) is 16.2. The van der Waals surface area contributed by atoms with Crippen molar-refractivity contribution >= 4 is 23.4 Å². The third-order valence-corrected chi connectivity index (χ3v) is 4.72. The third-order valence-electron chi connectivity index (χ3n) is 4.72. The van der Waals surface area contributed by atoms with E-state index in [0.29, 0.717) is 11.3 Å². The number of rotatable bonds is 6. The first kappa shape index (κ1) is 20.5. The Labute approximate surface area is 168 Å². The standard InChI is InChI=1S/C20H24FN5O3/c1-14(20(29)25-9-3-2-4-10-25)23-18(27)13-26-12-17(11-22-26)24-19(28)15-5-7-16(21)8-6-15/h5-8,11-12,14H,2-4,9-10,13H2,1H3,(H,23,27)(H,24,28)/t14-/m0/s1. The summed E-state index contributed by atoms with van der Waals surface area (Å²) in [4.78, 5) is 38.5. The molecule has 1 aromatic heterocycles. The first-order chi connectivity index (χ1) is 13.9. The molecule has 1 aromatic carbocycles. The van der Waals surface area contributed by atoms with E-state index in [1.807, 2.05) is 0 Å². The summed E-state index contributed by atoms with van der Waals surface area (Å²) in [6.07, 6.45) is 6.04. The average molecular weight is 401 g/mol. The molecule has 1 atom stereocenters. The smallest absolute Gasteiger partial charge is 0.255 e. The Kier molecular flexibility index (Phi) is 6.58. The van der Waals surface area contributed by atoms with Crippen LogP contribution in [0.2, 0.25) is 0 Å². The van der Waals surface area contributed by atoms with Gasteiger partial charge in [-0.2, -0.15) is 5.10 Å². The molecule has 0 saturated carbocycles. The number of aromatic nitrogens is 2. The summed E-state index contributed by atoms with van der Waals surface area (Å²) in [5, 5.41) is 9.37. The highest BCUT2D eigenvalue weighted by Gasteiger charge is 2.23. The number of carbonyl (C=O) groups is 3. The zero-order chi connectivity index (χ0) is 20.8. The van der Waals surface area contributed by atoms with Crippen LogP contribution in [0.1, 0.15) is 36.5 Å². The van der Waals surface area contributed by atoms with Gasteiger partial charge in [-0.3, -0.25) is 19.1 Å². The number of likely N-dealkylation sites (tertiary alicyclic amines) is 1. The van der Waals surface area contributed by atoms with Gasteiger partial charge >= 0.3 is 0 Å². The Morgan fingerprint density at radius 2 is 1.83 bits per heavy atom. The van der Waals surface area contributed by atoms with Crippen molar-refractivity contribution in [3.63, 3.8) is 0 Å². The molecular formula is C20H24FN5O3. The Hall–Kier alpha value is -3.23. The number of nitrogens with zero attached hydrogens (tertiary/aromatic N) is 3. The van der Waals surface area contributed by atoms with Gasteiger partial charge in [0.15, 0.2) is 0 Å². The summed E-state index contributed by atoms with van der Waals surface area (Å²) in [5.41, 5.74) is 0.714. The fourth-order valence-electron chi connectivity index (χ4n) is 3.20. The van der Waals surface area contributed by atoms with Crippen molar-refractivity contribution < 1.29 is 18.8 Å². The molecule has 1 aliphatic rings. The highest BCUT2D eigenvalue weighted by molar-refractivity contribution is 6.04. The van der Waals surface area contributed by atoms with Crippen LogP contribution >= 0.6 is 0 Å². The van der Waals surface area contributed by atoms with Gasteiger partial charge in [0.25, 0.3) is 5.91 Å². The molecule has 0 bridgehead atoms. The van der Waals surface area contributed by atoms with Crippen molar-refractivity contribution in [3.05, 3.63) is 48.0 Å². The highest BCUT2D eigenvalue weighted by atomic mass is 19.1. The third kappa shape index (κ3) is 5.63. The largest absolute Gasteiger partial charge is 0.343 e. The second-order valence-corrected chi connectivity index (χ2v) is 7.06. The van der Waals surface area contributed by atoms with Gasteiger partial charge in [-0.05, 0) is 50.5 Å². The average Bonchev–Trinajstić information content (AvgIpc) is 3.14. The number of anilines is 1. The van der Waals surface area contributed by atoms with Crippen molar-refractivity contribution in [1.29, 1.82) is 0 Å². The molecule has 2 N–H and O–H groups in total. The second kappa shape index (κ2) is 9.31. The van der Waals surface area contributed by atoms with Gasteiger partial charge in [-0.15, -0.1) is 0 Å². The minimum atomic E-state index is -0.603. The van der Waals surface area contributed by atoms with E-state index in [0.717, 1.165) is 32.4 Å². The number of halogens is 1. The van der Waals surface area contributed by atoms with Gasteiger partial charge in [0.05, 0.1) is 11.9 Å². The second-order valence-electron chi connectivity index (χ2n) is 7.06. The molecule has 1 saturated heterocycles. The van der Waals surface area contributed by atoms with Crippen LogP contribution in [0.25, 0.3) is 0 Å². The molecule has 0 unspecified atom stereocenters. The number of hydrogen-bond donors (Lipinski definition) is 2. The molecule has 0 spiro atoms. The molecule has 1 fully saturated rings. The van der Waals surface area contributed by atoms with Crippen LogP contribution in [-0.2, 0) is 16.1 Å². The first-order valence-electron chi connectivity index (χ1n) is 9.60. The molecule has 0 radical (unpaired) electrons. The molecule has 2 heterocycles. The summed E-state index contributed by atoms with van der Waals surface area (Å²) in [6, 6.07) is 4.56. The summed E-state index contributed by atoms with van der Waals surface area (Å²) in [6.45, 7) is 3.06. The van der Waals surface area contributed by atoms with Gasteiger partial charge in [0.2, 0.25) is 11.8 Å². The Bertz CT molecular complexity index is 874. The lowest BCUT2D eigenvalue weighted by Crippen LogP contribution is -2.49. The van der Waals surface area contributed by atoms with E-state index in [1.54, 1.807) is 11.8 Å². The van der Waals surface area contributed by atoms with E-state index in [1.165, 1.54) is 41.3 Å². The first-order valence-corrected chi connectivity index (χ1v) is 9.60. The maximum atomic E-state index is 12.9. The molecule has 2 aromatic rings. The minimum Gasteiger partial charge on any atom is -0.343 e. The maximum absolute atomic E-state index is 12.9. The van der Waals surface area contributed by atoms with E-state index >= 15 is 0 Å². The Balaban J connectivity index is 1.50. The number of benzene rings is 1. The van der Waals surface area contributed by atoms with E-state index in [2.05, 4.69) is 15.7 Å². The molecule has 3 rings (SSSR count). The summed E-state index contributed by atoms with van der Waals surface area (Å²) in [5.74, 6) is -1.25. The predicted molar refractivity (Wildman–Crippen MR) is 105 cm³/mol. The maximum Gasteiger partial charge on any atom is 0.255 e. The molecule has 9 heteroatoms. The fourth-order valence-corrected chi connectivity index (χ4v) is 3.20. The van der Waals surface area contributed by atoms with Gasteiger partial charge in [0.1, 0.15) is 18.4 Å². The van der Waals surface area contributed by atoms with Crippen LogP contribution in [0.5, 0.6) is 0 Å². The molecule has 154 valence electrons. The lowest BCUT2D eigenvalue weighted by molar-refractivity contribution is -0.136. The highest BCUT2D eigenvalue weighted by Crippen LogP contribution is 2.11. The van der Waals surface area contributed by atoms with E-state index < -0.39 is 17.8 Å². The Morgan fingerprint density at radius 1 is 1.14 bits per heavy atom.